The molecule has 1 N–H and O–H groups in total. The summed E-state index contributed by atoms with van der Waals surface area (Å²) in [6, 6.07) is 9.52. The van der Waals surface area contributed by atoms with Gasteiger partial charge in [0.05, 0.1) is 0 Å². The maximum Gasteiger partial charge on any atom is 0.329 e. The molecular weight excluding hydrogens is 316 g/mol. The maximum absolute atomic E-state index is 12.6. The molecule has 6 nitrogen and oxygen atoms in total. The van der Waals surface area contributed by atoms with Gasteiger partial charge in [-0.3, -0.25) is 14.3 Å². The van der Waals surface area contributed by atoms with Crippen LogP contribution in [0.4, 0.5) is 11.5 Å². The van der Waals surface area contributed by atoms with Gasteiger partial charge in [0.2, 0.25) is 0 Å². The molecule has 7 heteroatoms. The van der Waals surface area contributed by atoms with E-state index >= 15 is 0 Å². The average molecular weight is 336 g/mol. The van der Waals surface area contributed by atoms with Crippen LogP contribution in [0.15, 0.2) is 39.9 Å². The number of nitrogens with one attached hydrogen (secondary N) is 1. The van der Waals surface area contributed by atoms with Gasteiger partial charge in [-0.1, -0.05) is 18.2 Å². The summed E-state index contributed by atoms with van der Waals surface area (Å²) in [6.45, 7) is 2.51. The molecule has 122 valence electrons. The lowest BCUT2D eigenvalue weighted by atomic mass is 10.2. The summed E-state index contributed by atoms with van der Waals surface area (Å²) in [5.41, 5.74) is 0.219. The predicted molar refractivity (Wildman–Crippen MR) is 93.5 cm³/mol. The van der Waals surface area contributed by atoms with Crippen LogP contribution in [-0.2, 0) is 7.05 Å². The van der Waals surface area contributed by atoms with E-state index in [1.54, 1.807) is 18.7 Å². The van der Waals surface area contributed by atoms with Crippen LogP contribution >= 0.6 is 11.6 Å². The predicted octanol–water partition coefficient (Wildman–Crippen LogP) is 1.49. The molecule has 0 saturated heterocycles. The number of aromatic nitrogens is 2. The standard InChI is InChI=1S/C16H19ClN4O2/c1-5-21(11-9-7-6-8-10-11)14-12(13(17)19(2)3)15(22)20(4)16(23)18-14/h6-10H,5H2,1-4H3/p+1. The van der Waals surface area contributed by atoms with Crippen molar-refractivity contribution in [3.63, 3.8) is 0 Å². The second-order valence-corrected chi connectivity index (χ2v) is 5.64. The number of halogens is 1. The lowest BCUT2D eigenvalue weighted by molar-refractivity contribution is -0.461. The summed E-state index contributed by atoms with van der Waals surface area (Å²) in [7, 11) is 4.91. The van der Waals surface area contributed by atoms with Gasteiger partial charge in [-0.15, -0.1) is 0 Å². The number of anilines is 2. The molecule has 0 aliphatic carbocycles. The molecule has 1 aromatic heterocycles. The molecule has 0 radical (unpaired) electrons. The number of nitrogens with zero attached hydrogens (tertiary/aromatic N) is 3. The molecule has 23 heavy (non-hydrogen) atoms. The largest absolute Gasteiger partial charge is 0.329 e. The van der Waals surface area contributed by atoms with E-state index in [4.69, 9.17) is 11.6 Å². The van der Waals surface area contributed by atoms with Crippen molar-refractivity contribution in [1.82, 2.24) is 9.55 Å². The summed E-state index contributed by atoms with van der Waals surface area (Å²) in [5, 5.41) is 0.270. The summed E-state index contributed by atoms with van der Waals surface area (Å²) in [5.74, 6) is 0.394. The first-order valence-electron chi connectivity index (χ1n) is 7.24. The van der Waals surface area contributed by atoms with E-state index in [1.807, 2.05) is 42.2 Å². The Labute approximate surface area is 139 Å². The Balaban J connectivity index is 2.83. The molecule has 1 heterocycles. The molecule has 0 saturated carbocycles. The molecule has 1 aromatic carbocycles. The maximum atomic E-state index is 12.6. The Bertz CT molecular complexity index is 849. The lowest BCUT2D eigenvalue weighted by Gasteiger charge is -2.24. The van der Waals surface area contributed by atoms with Crippen molar-refractivity contribution in [3.8, 4) is 0 Å². The lowest BCUT2D eigenvalue weighted by Crippen LogP contribution is -2.39. The highest BCUT2D eigenvalue weighted by atomic mass is 35.5. The van der Waals surface area contributed by atoms with Crippen LogP contribution in [0, 0.1) is 0 Å². The third-order valence-electron chi connectivity index (χ3n) is 3.54. The summed E-state index contributed by atoms with van der Waals surface area (Å²) in [4.78, 5) is 29.3. The highest BCUT2D eigenvalue weighted by molar-refractivity contribution is 6.68. The number of rotatable bonds is 4. The number of aromatic amines is 1. The third kappa shape index (κ3) is 3.22. The quantitative estimate of drug-likeness (QED) is 0.680. The fraction of sp³-hybridized carbons (Fsp3) is 0.312. The van der Waals surface area contributed by atoms with Crippen LogP contribution in [0.5, 0.6) is 0 Å². The molecule has 0 aliphatic heterocycles. The second kappa shape index (κ2) is 6.83. The topological polar surface area (TPSA) is 61.1 Å². The highest BCUT2D eigenvalue weighted by Crippen LogP contribution is 2.24. The first kappa shape index (κ1) is 17.0. The number of H-pyrrole nitrogens is 1. The number of benzene rings is 1. The van der Waals surface area contributed by atoms with E-state index in [1.165, 1.54) is 7.05 Å². The van der Waals surface area contributed by atoms with E-state index < -0.39 is 11.2 Å². The van der Waals surface area contributed by atoms with Crippen LogP contribution < -0.4 is 16.1 Å². The Morgan fingerprint density at radius 2 is 1.87 bits per heavy atom. The zero-order valence-corrected chi connectivity index (χ0v) is 14.4. The number of para-hydroxylation sites is 1. The van der Waals surface area contributed by atoms with E-state index in [9.17, 15) is 9.59 Å². The fourth-order valence-corrected chi connectivity index (χ4v) is 2.47. The van der Waals surface area contributed by atoms with Crippen LogP contribution in [0.25, 0.3) is 0 Å². The molecule has 2 aromatic rings. The number of hydrogen-bond acceptors (Lipinski definition) is 3. The first-order chi connectivity index (χ1) is 10.9. The Hall–Kier alpha value is -2.34. The van der Waals surface area contributed by atoms with E-state index in [-0.39, 0.29) is 10.7 Å². The fourth-order valence-electron chi connectivity index (χ4n) is 2.30. The minimum Gasteiger partial charge on any atom is -0.327 e. The highest BCUT2D eigenvalue weighted by Gasteiger charge is 2.25. The van der Waals surface area contributed by atoms with E-state index in [2.05, 4.69) is 4.98 Å². The molecule has 0 amide bonds. The van der Waals surface area contributed by atoms with Crippen molar-refractivity contribution < 1.29 is 4.58 Å². The molecule has 0 fully saturated rings. The van der Waals surface area contributed by atoms with Gasteiger partial charge < -0.3 is 4.90 Å². The van der Waals surface area contributed by atoms with Crippen molar-refractivity contribution in [2.24, 2.45) is 7.05 Å². The minimum absolute atomic E-state index is 0.268. The van der Waals surface area contributed by atoms with Gasteiger partial charge in [0, 0.05) is 19.3 Å². The Morgan fingerprint density at radius 3 is 2.39 bits per heavy atom. The van der Waals surface area contributed by atoms with Gasteiger partial charge >= 0.3 is 5.69 Å². The van der Waals surface area contributed by atoms with Crippen LogP contribution in [0.1, 0.15) is 12.5 Å². The summed E-state index contributed by atoms with van der Waals surface area (Å²) in [6.07, 6.45) is 0. The number of hydrogen-bond donors (Lipinski definition) is 1. The van der Waals surface area contributed by atoms with Gasteiger partial charge in [-0.2, -0.15) is 0 Å². The zero-order valence-electron chi connectivity index (χ0n) is 13.6. The smallest absolute Gasteiger partial charge is 0.327 e. The van der Waals surface area contributed by atoms with Gasteiger partial charge in [0.1, 0.15) is 19.9 Å². The second-order valence-electron chi connectivity index (χ2n) is 5.28. The zero-order chi connectivity index (χ0) is 17.1. The van der Waals surface area contributed by atoms with Crippen LogP contribution in [0.3, 0.4) is 0 Å². The van der Waals surface area contributed by atoms with Gasteiger partial charge in [0.15, 0.2) is 5.56 Å². The van der Waals surface area contributed by atoms with Crippen molar-refractivity contribution in [1.29, 1.82) is 0 Å². The van der Waals surface area contributed by atoms with Crippen molar-refractivity contribution in [2.45, 2.75) is 6.92 Å². The molecule has 2 rings (SSSR count). The Kier molecular flexibility index (Phi) is 5.05. The molecule has 0 spiro atoms. The summed E-state index contributed by atoms with van der Waals surface area (Å²) >= 11 is 6.34. The molecule has 0 unspecified atom stereocenters. The minimum atomic E-state index is -0.480. The Morgan fingerprint density at radius 1 is 1.26 bits per heavy atom. The van der Waals surface area contributed by atoms with Crippen LogP contribution in [0.2, 0.25) is 0 Å². The molecule has 0 aliphatic rings. The van der Waals surface area contributed by atoms with Gasteiger partial charge in [-0.25, -0.2) is 9.37 Å². The molecule has 0 bridgehead atoms. The van der Waals surface area contributed by atoms with Crippen LogP contribution in [-0.4, -0.2) is 39.9 Å². The van der Waals surface area contributed by atoms with E-state index in [0.29, 0.717) is 12.4 Å². The SMILES string of the molecule is CCN(c1ccccc1)c1[nH]c(=O)n(C)c(=O)c1C(Cl)=[N+](C)C. The van der Waals surface area contributed by atoms with Crippen molar-refractivity contribution >= 4 is 28.3 Å². The van der Waals surface area contributed by atoms with Crippen molar-refractivity contribution in [2.75, 3.05) is 25.5 Å². The van der Waals surface area contributed by atoms with Crippen molar-refractivity contribution in [3.05, 3.63) is 56.7 Å². The first-order valence-corrected chi connectivity index (χ1v) is 7.62. The third-order valence-corrected chi connectivity index (χ3v) is 4.07. The van der Waals surface area contributed by atoms with Gasteiger partial charge in [-0.05, 0) is 30.7 Å². The summed E-state index contributed by atoms with van der Waals surface area (Å²) < 4.78 is 2.66. The average Bonchev–Trinajstić information content (AvgIpc) is 2.54. The monoisotopic (exact) mass is 335 g/mol. The van der Waals surface area contributed by atoms with Gasteiger partial charge in [0.25, 0.3) is 10.7 Å². The van der Waals surface area contributed by atoms with E-state index in [0.717, 1.165) is 10.3 Å². The molecular formula is C16H20ClN4O2+. The normalized spacial score (nSPS) is 10.5. The molecule has 0 atom stereocenters.